The second-order valence-electron chi connectivity index (χ2n) is 5.94. The predicted octanol–water partition coefficient (Wildman–Crippen LogP) is 2.89. The first-order chi connectivity index (χ1) is 7.99. The highest BCUT2D eigenvalue weighted by Crippen LogP contribution is 2.22. The van der Waals surface area contributed by atoms with Gasteiger partial charge in [-0.2, -0.15) is 0 Å². The van der Waals surface area contributed by atoms with Gasteiger partial charge in [-0.05, 0) is 41.0 Å². The van der Waals surface area contributed by atoms with Crippen LogP contribution >= 0.6 is 0 Å². The minimum Gasteiger partial charge on any atom is -0.481 e. The minimum absolute atomic E-state index is 0.0807. The highest BCUT2D eigenvalue weighted by atomic mass is 16.6. The highest BCUT2D eigenvalue weighted by molar-refractivity contribution is 5.71. The Morgan fingerprint density at radius 2 is 1.67 bits per heavy atom. The smallest absolute Gasteiger partial charge is 0.410 e. The van der Waals surface area contributed by atoms with Crippen LogP contribution in [0.1, 0.15) is 54.4 Å². The molecule has 0 aliphatic rings. The Labute approximate surface area is 109 Å². The molecule has 5 nitrogen and oxygen atoms in total. The Bertz CT molecular complexity index is 305. The lowest BCUT2D eigenvalue weighted by molar-refractivity contribution is -0.137. The van der Waals surface area contributed by atoms with Gasteiger partial charge in [-0.1, -0.05) is 6.92 Å². The summed E-state index contributed by atoms with van der Waals surface area (Å²) in [5.41, 5.74) is -1.000. The maximum Gasteiger partial charge on any atom is 0.410 e. The van der Waals surface area contributed by atoms with Gasteiger partial charge in [0.2, 0.25) is 0 Å². The number of aliphatic carboxylic acids is 1. The third-order valence-electron chi connectivity index (χ3n) is 2.76. The van der Waals surface area contributed by atoms with Crippen LogP contribution in [0.4, 0.5) is 4.79 Å². The van der Waals surface area contributed by atoms with Crippen LogP contribution in [0.3, 0.4) is 0 Å². The second-order valence-corrected chi connectivity index (χ2v) is 5.94. The van der Waals surface area contributed by atoms with E-state index in [0.717, 1.165) is 6.42 Å². The summed E-state index contributed by atoms with van der Waals surface area (Å²) in [6.07, 6.45) is 0.185. The van der Waals surface area contributed by atoms with Crippen LogP contribution in [0.5, 0.6) is 0 Å². The number of carboxylic acid groups (broad SMARTS) is 1. The summed E-state index contributed by atoms with van der Waals surface area (Å²) in [6, 6.07) is 0. The van der Waals surface area contributed by atoms with E-state index in [4.69, 9.17) is 9.84 Å². The van der Waals surface area contributed by atoms with Gasteiger partial charge in [0.15, 0.2) is 0 Å². The maximum atomic E-state index is 12.1. The molecule has 0 bridgehead atoms. The maximum absolute atomic E-state index is 12.1. The van der Waals surface area contributed by atoms with Gasteiger partial charge in [0, 0.05) is 12.1 Å². The molecule has 0 aromatic carbocycles. The third-order valence-corrected chi connectivity index (χ3v) is 2.76. The molecule has 5 heteroatoms. The number of carbonyl (C=O) groups excluding carboxylic acids is 1. The van der Waals surface area contributed by atoms with Crippen molar-refractivity contribution < 1.29 is 19.4 Å². The number of carboxylic acids is 1. The summed E-state index contributed by atoms with van der Waals surface area (Å²) >= 11 is 0. The summed E-state index contributed by atoms with van der Waals surface area (Å²) < 4.78 is 5.31. The SMILES string of the molecule is CCC(C)(C)N(CCC(=O)O)C(=O)OC(C)(C)C. The van der Waals surface area contributed by atoms with Crippen LogP contribution in [0.15, 0.2) is 0 Å². The average Bonchev–Trinajstić information content (AvgIpc) is 2.14. The van der Waals surface area contributed by atoms with Gasteiger partial charge in [-0.3, -0.25) is 4.79 Å². The molecule has 0 aliphatic carbocycles. The number of carbonyl (C=O) groups is 2. The van der Waals surface area contributed by atoms with E-state index in [2.05, 4.69) is 0 Å². The lowest BCUT2D eigenvalue weighted by atomic mass is 9.99. The average molecular weight is 259 g/mol. The van der Waals surface area contributed by atoms with Crippen LogP contribution in [0, 0.1) is 0 Å². The van der Waals surface area contributed by atoms with Crippen molar-refractivity contribution in [3.63, 3.8) is 0 Å². The Morgan fingerprint density at radius 1 is 1.17 bits per heavy atom. The van der Waals surface area contributed by atoms with E-state index >= 15 is 0 Å². The Balaban J connectivity index is 4.86. The van der Waals surface area contributed by atoms with Gasteiger partial charge in [0.25, 0.3) is 0 Å². The molecule has 0 atom stereocenters. The van der Waals surface area contributed by atoms with Gasteiger partial charge >= 0.3 is 12.1 Å². The normalized spacial score (nSPS) is 12.1. The molecule has 1 N–H and O–H groups in total. The summed E-state index contributed by atoms with van der Waals surface area (Å²) in [7, 11) is 0. The number of hydrogen-bond acceptors (Lipinski definition) is 3. The van der Waals surface area contributed by atoms with Gasteiger partial charge < -0.3 is 14.7 Å². The second kappa shape index (κ2) is 6.07. The van der Waals surface area contributed by atoms with Crippen molar-refractivity contribution in [2.24, 2.45) is 0 Å². The third kappa shape index (κ3) is 5.89. The van der Waals surface area contributed by atoms with Gasteiger partial charge in [-0.15, -0.1) is 0 Å². The summed E-state index contributed by atoms with van der Waals surface area (Å²) in [4.78, 5) is 24.2. The molecule has 18 heavy (non-hydrogen) atoms. The van der Waals surface area contributed by atoms with E-state index in [1.165, 1.54) is 4.90 Å². The number of rotatable bonds is 5. The molecule has 0 saturated carbocycles. The lowest BCUT2D eigenvalue weighted by Crippen LogP contribution is -2.50. The van der Waals surface area contributed by atoms with Crippen molar-refractivity contribution in [1.29, 1.82) is 0 Å². The van der Waals surface area contributed by atoms with Crippen molar-refractivity contribution in [3.8, 4) is 0 Å². The molecular formula is C13H25NO4. The van der Waals surface area contributed by atoms with E-state index in [-0.39, 0.29) is 13.0 Å². The molecule has 106 valence electrons. The first-order valence-corrected chi connectivity index (χ1v) is 6.22. The number of amides is 1. The summed E-state index contributed by atoms with van der Waals surface area (Å²) in [6.45, 7) is 11.3. The molecule has 0 aromatic rings. The van der Waals surface area contributed by atoms with Crippen molar-refractivity contribution in [1.82, 2.24) is 4.90 Å². The van der Waals surface area contributed by atoms with Gasteiger partial charge in [0.1, 0.15) is 5.60 Å². The number of hydrogen-bond donors (Lipinski definition) is 1. The molecule has 0 aliphatic heterocycles. The molecule has 0 heterocycles. The summed E-state index contributed by atoms with van der Waals surface area (Å²) in [5.74, 6) is -0.921. The fraction of sp³-hybridized carbons (Fsp3) is 0.846. The van der Waals surface area contributed by atoms with Gasteiger partial charge in [-0.25, -0.2) is 4.79 Å². The quantitative estimate of drug-likeness (QED) is 0.824. The van der Waals surface area contributed by atoms with Crippen molar-refractivity contribution in [2.75, 3.05) is 6.54 Å². The molecule has 0 unspecified atom stereocenters. The zero-order valence-corrected chi connectivity index (χ0v) is 12.2. The van der Waals surface area contributed by atoms with E-state index in [1.54, 1.807) is 20.8 Å². The van der Waals surface area contributed by atoms with E-state index in [1.807, 2.05) is 20.8 Å². The fourth-order valence-corrected chi connectivity index (χ4v) is 1.36. The molecular weight excluding hydrogens is 234 g/mol. The first-order valence-electron chi connectivity index (χ1n) is 6.22. The van der Waals surface area contributed by atoms with Crippen LogP contribution in [0.25, 0.3) is 0 Å². The van der Waals surface area contributed by atoms with E-state index < -0.39 is 23.2 Å². The van der Waals surface area contributed by atoms with Gasteiger partial charge in [0.05, 0.1) is 6.42 Å². The standard InChI is InChI=1S/C13H25NO4/c1-7-13(5,6)14(9-8-10(15)16)11(17)18-12(2,3)4/h7-9H2,1-6H3,(H,15,16). The molecule has 0 radical (unpaired) electrons. The van der Waals surface area contributed by atoms with Crippen LogP contribution in [-0.4, -0.2) is 39.8 Å². The largest absolute Gasteiger partial charge is 0.481 e. The molecule has 0 fully saturated rings. The molecule has 0 rings (SSSR count). The Morgan fingerprint density at radius 3 is 2.00 bits per heavy atom. The predicted molar refractivity (Wildman–Crippen MR) is 69.6 cm³/mol. The molecule has 1 amide bonds. The molecule has 0 spiro atoms. The zero-order chi connectivity index (χ0) is 14.6. The Hall–Kier alpha value is -1.26. The van der Waals surface area contributed by atoms with Crippen LogP contribution in [0.2, 0.25) is 0 Å². The summed E-state index contributed by atoms with van der Waals surface area (Å²) in [5, 5.41) is 8.74. The Kier molecular flexibility index (Phi) is 5.64. The highest BCUT2D eigenvalue weighted by Gasteiger charge is 2.32. The lowest BCUT2D eigenvalue weighted by Gasteiger charge is -2.38. The van der Waals surface area contributed by atoms with E-state index in [0.29, 0.717) is 0 Å². The van der Waals surface area contributed by atoms with Crippen LogP contribution < -0.4 is 0 Å². The molecule has 0 saturated heterocycles. The van der Waals surface area contributed by atoms with Crippen molar-refractivity contribution in [3.05, 3.63) is 0 Å². The molecule has 0 aromatic heterocycles. The minimum atomic E-state index is -0.921. The van der Waals surface area contributed by atoms with E-state index in [9.17, 15) is 9.59 Å². The number of nitrogens with zero attached hydrogens (tertiary/aromatic N) is 1. The monoisotopic (exact) mass is 259 g/mol. The first kappa shape index (κ1) is 16.7. The topological polar surface area (TPSA) is 66.8 Å². The zero-order valence-electron chi connectivity index (χ0n) is 12.2. The van der Waals surface area contributed by atoms with Crippen molar-refractivity contribution >= 4 is 12.1 Å². The van der Waals surface area contributed by atoms with Crippen LogP contribution in [-0.2, 0) is 9.53 Å². The number of ether oxygens (including phenoxy) is 1. The van der Waals surface area contributed by atoms with Crippen molar-refractivity contribution in [2.45, 2.75) is 65.5 Å². The fourth-order valence-electron chi connectivity index (χ4n) is 1.36.